The van der Waals surface area contributed by atoms with Crippen molar-refractivity contribution < 1.29 is 27.4 Å². The maximum atomic E-state index is 12.8. The maximum absolute atomic E-state index is 12.8. The third-order valence-electron chi connectivity index (χ3n) is 4.03. The molecule has 1 aromatic heterocycles. The second-order valence-corrected chi connectivity index (χ2v) is 7.38. The second-order valence-electron chi connectivity index (χ2n) is 6.29. The third kappa shape index (κ3) is 7.07. The Morgan fingerprint density at radius 3 is 2.21 bits per heavy atom. The number of thiazole rings is 1. The van der Waals surface area contributed by atoms with Crippen LogP contribution in [-0.2, 0) is 27.0 Å². The summed E-state index contributed by atoms with van der Waals surface area (Å²) in [5, 5.41) is 0. The van der Waals surface area contributed by atoms with Gasteiger partial charge in [-0.25, -0.2) is 0 Å². The summed E-state index contributed by atoms with van der Waals surface area (Å²) < 4.78 is 50.4. The molecule has 6 nitrogen and oxygen atoms in total. The van der Waals surface area contributed by atoms with Crippen molar-refractivity contribution in [1.29, 1.82) is 0 Å². The Morgan fingerprint density at radius 2 is 1.72 bits per heavy atom. The number of rotatable bonds is 9. The van der Waals surface area contributed by atoms with Gasteiger partial charge in [-0.3, -0.25) is 14.3 Å². The fourth-order valence-corrected chi connectivity index (χ4v) is 3.67. The molecule has 10 heteroatoms. The molecule has 160 valence electrons. The summed E-state index contributed by atoms with van der Waals surface area (Å²) in [6.45, 7) is 4.40. The van der Waals surface area contributed by atoms with Gasteiger partial charge in [0.1, 0.15) is 0 Å². The summed E-state index contributed by atoms with van der Waals surface area (Å²) in [7, 11) is 3.25. The van der Waals surface area contributed by atoms with Gasteiger partial charge in [-0.05, 0) is 24.3 Å². The van der Waals surface area contributed by atoms with Crippen LogP contribution in [0.15, 0.2) is 35.5 Å². The highest BCUT2D eigenvalue weighted by Gasteiger charge is 2.30. The number of halogens is 3. The zero-order chi connectivity index (χ0) is 21.4. The monoisotopic (exact) mass is 431 g/mol. The Kier molecular flexibility index (Phi) is 8.57. The first-order chi connectivity index (χ1) is 13.7. The molecule has 0 N–H and O–H groups in total. The van der Waals surface area contributed by atoms with Crippen molar-refractivity contribution in [2.75, 3.05) is 40.5 Å². The molecule has 0 radical (unpaired) electrons. The minimum Gasteiger partial charge on any atom is -0.383 e. The molecule has 0 atom stereocenters. The number of carbonyl (C=O) groups excluding carboxylic acids is 1. The van der Waals surface area contributed by atoms with E-state index in [-0.39, 0.29) is 5.91 Å². The molecule has 29 heavy (non-hydrogen) atoms. The summed E-state index contributed by atoms with van der Waals surface area (Å²) in [6.07, 6.45) is -2.61. The summed E-state index contributed by atoms with van der Waals surface area (Å²) in [4.78, 5) is 19.0. The molecule has 0 aliphatic carbocycles. The summed E-state index contributed by atoms with van der Waals surface area (Å²) in [5.41, 5.74) is -0.228. The Morgan fingerprint density at radius 1 is 1.14 bits per heavy atom. The molecule has 1 heterocycles. The fraction of sp³-hybridized carbons (Fsp3) is 0.474. The molecule has 2 rings (SSSR count). The molecule has 0 aliphatic rings. The standard InChI is InChI=1S/C19H24F3N3O3S/c1-14(26)23-18-25(16-6-4-15(5-7-16)19(20,21)22)13-17(29-18)12-24(8-10-27-2)9-11-28-3/h4-7,13H,8-12H2,1-3H3. The number of hydrogen-bond donors (Lipinski definition) is 0. The quantitative estimate of drug-likeness (QED) is 0.612. The van der Waals surface area contributed by atoms with Gasteiger partial charge in [0.15, 0.2) is 4.80 Å². The molecule has 0 aliphatic heterocycles. The molecule has 0 fully saturated rings. The van der Waals surface area contributed by atoms with E-state index in [1.165, 1.54) is 30.4 Å². The number of ether oxygens (including phenoxy) is 2. The van der Waals surface area contributed by atoms with Crippen LogP contribution in [0.5, 0.6) is 0 Å². The van der Waals surface area contributed by atoms with Crippen LogP contribution >= 0.6 is 11.3 Å². The normalized spacial score (nSPS) is 12.7. The molecule has 2 aromatic rings. The van der Waals surface area contributed by atoms with E-state index in [1.54, 1.807) is 25.0 Å². The molecule has 0 saturated carbocycles. The minimum atomic E-state index is -4.40. The van der Waals surface area contributed by atoms with Crippen molar-refractivity contribution in [3.63, 3.8) is 0 Å². The molecule has 0 saturated heterocycles. The predicted molar refractivity (Wildman–Crippen MR) is 104 cm³/mol. The van der Waals surface area contributed by atoms with Crippen LogP contribution in [0.4, 0.5) is 13.2 Å². The lowest BCUT2D eigenvalue weighted by molar-refractivity contribution is -0.137. The van der Waals surface area contributed by atoms with Gasteiger partial charge in [-0.1, -0.05) is 11.3 Å². The third-order valence-corrected chi connectivity index (χ3v) is 5.00. The number of carbonyl (C=O) groups is 1. The summed E-state index contributed by atoms with van der Waals surface area (Å²) in [5.74, 6) is -0.380. The number of alkyl halides is 3. The van der Waals surface area contributed by atoms with Crippen molar-refractivity contribution in [3.8, 4) is 5.69 Å². The number of nitrogens with zero attached hydrogens (tertiary/aromatic N) is 3. The van der Waals surface area contributed by atoms with Crippen LogP contribution < -0.4 is 4.80 Å². The molecule has 0 bridgehead atoms. The zero-order valence-corrected chi connectivity index (χ0v) is 17.3. The van der Waals surface area contributed by atoms with Gasteiger partial charge < -0.3 is 9.47 Å². The van der Waals surface area contributed by atoms with Crippen molar-refractivity contribution in [2.24, 2.45) is 4.99 Å². The predicted octanol–water partition coefficient (Wildman–Crippen LogP) is 3.10. The van der Waals surface area contributed by atoms with Crippen LogP contribution in [0.3, 0.4) is 0 Å². The van der Waals surface area contributed by atoms with E-state index in [2.05, 4.69) is 9.89 Å². The first-order valence-electron chi connectivity index (χ1n) is 8.89. The van der Waals surface area contributed by atoms with Gasteiger partial charge in [0.25, 0.3) is 0 Å². The van der Waals surface area contributed by atoms with E-state index in [4.69, 9.17) is 9.47 Å². The number of aromatic nitrogens is 1. The van der Waals surface area contributed by atoms with Crippen molar-refractivity contribution in [1.82, 2.24) is 9.47 Å². The SMILES string of the molecule is COCCN(CCOC)Cc1cn(-c2ccc(C(F)(F)F)cc2)c(=NC(C)=O)s1. The summed E-state index contributed by atoms with van der Waals surface area (Å²) >= 11 is 1.32. The molecule has 0 spiro atoms. The Balaban J connectivity index is 2.35. The highest BCUT2D eigenvalue weighted by molar-refractivity contribution is 7.09. The number of hydrogen-bond acceptors (Lipinski definition) is 5. The number of methoxy groups -OCH3 is 2. The van der Waals surface area contributed by atoms with Crippen LogP contribution in [-0.4, -0.2) is 55.9 Å². The van der Waals surface area contributed by atoms with Gasteiger partial charge >= 0.3 is 6.18 Å². The molecular formula is C19H24F3N3O3S. The van der Waals surface area contributed by atoms with Crippen LogP contribution in [0, 0.1) is 0 Å². The van der Waals surface area contributed by atoms with Gasteiger partial charge in [-0.15, -0.1) is 0 Å². The summed E-state index contributed by atoms with van der Waals surface area (Å²) in [6, 6.07) is 4.76. The fourth-order valence-electron chi connectivity index (χ4n) is 2.60. The number of amides is 1. The van der Waals surface area contributed by atoms with E-state index >= 15 is 0 Å². The van der Waals surface area contributed by atoms with Crippen LogP contribution in [0.25, 0.3) is 5.69 Å². The molecule has 0 unspecified atom stereocenters. The minimum absolute atomic E-state index is 0.380. The van der Waals surface area contributed by atoms with Crippen molar-refractivity contribution in [3.05, 3.63) is 45.7 Å². The van der Waals surface area contributed by atoms with E-state index in [0.29, 0.717) is 43.3 Å². The first-order valence-corrected chi connectivity index (χ1v) is 9.70. The van der Waals surface area contributed by atoms with E-state index < -0.39 is 11.7 Å². The highest BCUT2D eigenvalue weighted by Crippen LogP contribution is 2.29. The Hall–Kier alpha value is -2.01. The lowest BCUT2D eigenvalue weighted by Crippen LogP contribution is -2.30. The van der Waals surface area contributed by atoms with E-state index in [1.807, 2.05) is 0 Å². The lowest BCUT2D eigenvalue weighted by Gasteiger charge is -2.20. The van der Waals surface area contributed by atoms with Crippen molar-refractivity contribution in [2.45, 2.75) is 19.6 Å². The average molecular weight is 431 g/mol. The zero-order valence-electron chi connectivity index (χ0n) is 16.5. The van der Waals surface area contributed by atoms with E-state index in [0.717, 1.165) is 17.0 Å². The number of benzene rings is 1. The smallest absolute Gasteiger partial charge is 0.383 e. The van der Waals surface area contributed by atoms with Gasteiger partial charge in [0, 0.05) is 57.5 Å². The topological polar surface area (TPSA) is 56.1 Å². The van der Waals surface area contributed by atoms with Crippen LogP contribution in [0.1, 0.15) is 17.4 Å². The largest absolute Gasteiger partial charge is 0.416 e. The maximum Gasteiger partial charge on any atom is 0.416 e. The molecule has 1 amide bonds. The highest BCUT2D eigenvalue weighted by atomic mass is 32.1. The van der Waals surface area contributed by atoms with Gasteiger partial charge in [0.05, 0.1) is 18.8 Å². The Labute approximate surface area is 171 Å². The molecule has 1 aromatic carbocycles. The average Bonchev–Trinajstić information content (AvgIpc) is 3.04. The van der Waals surface area contributed by atoms with Crippen molar-refractivity contribution >= 4 is 17.2 Å². The molecular weight excluding hydrogens is 407 g/mol. The first kappa shape index (κ1) is 23.3. The Bertz CT molecular complexity index is 852. The second kappa shape index (κ2) is 10.7. The van der Waals surface area contributed by atoms with Gasteiger partial charge in [-0.2, -0.15) is 18.2 Å². The lowest BCUT2D eigenvalue weighted by atomic mass is 10.2. The van der Waals surface area contributed by atoms with Crippen LogP contribution in [0.2, 0.25) is 0 Å². The van der Waals surface area contributed by atoms with E-state index in [9.17, 15) is 18.0 Å². The van der Waals surface area contributed by atoms with Gasteiger partial charge in [0.2, 0.25) is 5.91 Å².